The molecule has 16 rings (SSSR count). The van der Waals surface area contributed by atoms with Crippen LogP contribution < -0.4 is 9.80 Å². The normalized spacial score (nSPS) is 11.5. The van der Waals surface area contributed by atoms with Crippen LogP contribution in [0, 0.1) is 0 Å². The van der Waals surface area contributed by atoms with Gasteiger partial charge in [-0.25, -0.2) is 0 Å². The second-order valence-corrected chi connectivity index (χ2v) is 22.9. The van der Waals surface area contributed by atoms with Crippen LogP contribution in [0.25, 0.3) is 112 Å². The molecule has 0 saturated carbocycles. The summed E-state index contributed by atoms with van der Waals surface area (Å²) in [6.45, 7) is 0. The molecule has 0 amide bonds. The molecule has 0 atom stereocenters. The molecule has 14 aromatic carbocycles. The second-order valence-electron chi connectivity index (χ2n) is 22.9. The quantitative estimate of drug-likeness (QED) is 0.101. The molecule has 0 saturated heterocycles. The molecule has 0 bridgehead atoms. The minimum atomic E-state index is 1.07. The Morgan fingerprint density at radius 3 is 0.822 bits per heavy atom. The molecule has 2 aromatic heterocycles. The number of aromatic nitrogens is 2. The van der Waals surface area contributed by atoms with Crippen molar-refractivity contribution < 1.29 is 0 Å². The van der Waals surface area contributed by atoms with Crippen LogP contribution in [0.2, 0.25) is 0 Å². The highest BCUT2D eigenvalue weighted by molar-refractivity contribution is 6.14. The Balaban J connectivity index is 0.728. The first-order valence-electron chi connectivity index (χ1n) is 30.8. The minimum Gasteiger partial charge on any atom is -0.310 e. The first-order chi connectivity index (χ1) is 44.6. The number of fused-ring (bicyclic) bond motifs is 6. The van der Waals surface area contributed by atoms with Crippen LogP contribution in [-0.2, 0) is 0 Å². The van der Waals surface area contributed by atoms with Crippen molar-refractivity contribution in [1.29, 1.82) is 0 Å². The molecular formula is C86H60N4. The topological polar surface area (TPSA) is 16.3 Å². The van der Waals surface area contributed by atoms with Crippen LogP contribution in [-0.4, -0.2) is 9.13 Å². The Labute approximate surface area is 524 Å². The van der Waals surface area contributed by atoms with Gasteiger partial charge in [-0.3, -0.25) is 0 Å². The molecule has 0 aliphatic carbocycles. The molecule has 2 heterocycles. The largest absolute Gasteiger partial charge is 0.310 e. The van der Waals surface area contributed by atoms with Crippen molar-refractivity contribution in [3.8, 4) is 55.9 Å². The van der Waals surface area contributed by atoms with Gasteiger partial charge in [-0.15, -0.1) is 0 Å². The van der Waals surface area contributed by atoms with E-state index in [1.807, 2.05) is 0 Å². The monoisotopic (exact) mass is 1150 g/mol. The summed E-state index contributed by atoms with van der Waals surface area (Å²) in [5.74, 6) is 0. The molecule has 0 aliphatic rings. The molecular weight excluding hydrogens is 1090 g/mol. The van der Waals surface area contributed by atoms with Gasteiger partial charge in [0.15, 0.2) is 0 Å². The Hall–Kier alpha value is -12.0. The van der Waals surface area contributed by atoms with E-state index in [2.05, 4.69) is 383 Å². The Kier molecular flexibility index (Phi) is 13.9. The van der Waals surface area contributed by atoms with Gasteiger partial charge in [0.1, 0.15) is 0 Å². The number of hydrogen-bond donors (Lipinski definition) is 0. The molecule has 16 aromatic rings. The maximum Gasteiger partial charge on any atom is 0.0542 e. The van der Waals surface area contributed by atoms with Crippen molar-refractivity contribution in [3.63, 3.8) is 0 Å². The highest BCUT2D eigenvalue weighted by Crippen LogP contribution is 2.45. The summed E-state index contributed by atoms with van der Waals surface area (Å²) in [5.41, 5.74) is 25.2. The molecule has 0 fully saturated rings. The zero-order valence-electron chi connectivity index (χ0n) is 49.4. The van der Waals surface area contributed by atoms with Crippen LogP contribution >= 0.6 is 0 Å². The van der Waals surface area contributed by atoms with Gasteiger partial charge in [0.25, 0.3) is 0 Å². The van der Waals surface area contributed by atoms with Crippen LogP contribution in [0.1, 0.15) is 11.1 Å². The fourth-order valence-corrected chi connectivity index (χ4v) is 13.3. The number of nitrogens with zero attached hydrogens (tertiary/aromatic N) is 4. The molecule has 0 radical (unpaired) electrons. The molecule has 0 spiro atoms. The van der Waals surface area contributed by atoms with Crippen LogP contribution in [0.3, 0.4) is 0 Å². The van der Waals surface area contributed by atoms with E-state index < -0.39 is 0 Å². The summed E-state index contributed by atoms with van der Waals surface area (Å²) in [5, 5.41) is 4.78. The number of anilines is 6. The first-order valence-corrected chi connectivity index (χ1v) is 30.8. The molecule has 90 heavy (non-hydrogen) atoms. The second kappa shape index (κ2) is 23.4. The highest BCUT2D eigenvalue weighted by Gasteiger charge is 2.22. The molecule has 424 valence electrons. The van der Waals surface area contributed by atoms with E-state index in [9.17, 15) is 0 Å². The molecule has 0 unspecified atom stereocenters. The van der Waals surface area contributed by atoms with Crippen molar-refractivity contribution in [2.24, 2.45) is 0 Å². The van der Waals surface area contributed by atoms with Gasteiger partial charge in [0.05, 0.1) is 22.1 Å². The van der Waals surface area contributed by atoms with Gasteiger partial charge in [-0.05, 0) is 189 Å². The number of benzene rings is 14. The lowest BCUT2D eigenvalue weighted by Gasteiger charge is -2.26. The average Bonchev–Trinajstić information content (AvgIpc) is 1.92. The minimum absolute atomic E-state index is 1.07. The fraction of sp³-hybridized carbons (Fsp3) is 0. The van der Waals surface area contributed by atoms with Crippen LogP contribution in [0.5, 0.6) is 0 Å². The SMILES string of the molecule is C(=C\c1ccc(N(c2ccccc2)c2ccc3c(c2)c2cc(-c4ccccc4-c4ccccc4)ccc2n3-c2ccccc2)cc1)/c1ccc(N(c2ccccc2)c2ccc3c(c2)c2cc(-c4ccccc4-c4ccccc4)ccc2n3-c2ccccc2)cc1. The maximum absolute atomic E-state index is 2.40. The maximum atomic E-state index is 2.40. The third-order valence-electron chi connectivity index (χ3n) is 17.5. The third-order valence-corrected chi connectivity index (χ3v) is 17.5. The summed E-state index contributed by atoms with van der Waals surface area (Å²) in [7, 11) is 0. The van der Waals surface area contributed by atoms with E-state index in [1.54, 1.807) is 0 Å². The summed E-state index contributed by atoms with van der Waals surface area (Å²) in [6, 6.07) is 127. The van der Waals surface area contributed by atoms with Crippen molar-refractivity contribution >= 4 is 89.9 Å². The van der Waals surface area contributed by atoms with E-state index in [0.29, 0.717) is 0 Å². The number of rotatable bonds is 14. The standard InChI is InChI=1S/C86H60N4/c1-7-23-63(24-8-1)75-35-19-21-37-77(75)65-45-53-83-79(57-65)81-59-73(51-55-85(81)89(83)69-31-15-5-16-32-69)87(67-27-11-3-12-28-67)71-47-41-61(42-48-71)39-40-62-43-49-72(50-44-62)88(68-29-13-4-14-30-68)74-52-56-86-82(60-74)80-58-66(46-54-84(80)90(86)70-33-17-6-18-34-70)78-38-22-20-36-76(78)64-25-9-2-10-26-64/h1-60H/b40-39+. The van der Waals surface area contributed by atoms with Gasteiger partial charge in [-0.1, -0.05) is 231 Å². The average molecular weight is 1150 g/mol. The van der Waals surface area contributed by atoms with Crippen molar-refractivity contribution in [2.75, 3.05) is 9.80 Å². The molecule has 0 aliphatic heterocycles. The predicted molar refractivity (Wildman–Crippen MR) is 382 cm³/mol. The van der Waals surface area contributed by atoms with Crippen LogP contribution in [0.15, 0.2) is 352 Å². The van der Waals surface area contributed by atoms with Gasteiger partial charge >= 0.3 is 0 Å². The summed E-state index contributed by atoms with van der Waals surface area (Å²) >= 11 is 0. The van der Waals surface area contributed by atoms with Gasteiger partial charge in [-0.2, -0.15) is 0 Å². The lowest BCUT2D eigenvalue weighted by atomic mass is 9.94. The lowest BCUT2D eigenvalue weighted by Crippen LogP contribution is -2.09. The van der Waals surface area contributed by atoms with E-state index in [0.717, 1.165) is 78.7 Å². The summed E-state index contributed by atoms with van der Waals surface area (Å²) in [4.78, 5) is 4.74. The Morgan fingerprint density at radius 1 is 0.200 bits per heavy atom. The summed E-state index contributed by atoms with van der Waals surface area (Å²) < 4.78 is 4.80. The summed E-state index contributed by atoms with van der Waals surface area (Å²) in [6.07, 6.45) is 4.42. The zero-order valence-corrected chi connectivity index (χ0v) is 49.4. The van der Waals surface area contributed by atoms with Gasteiger partial charge < -0.3 is 18.9 Å². The molecule has 4 nitrogen and oxygen atoms in total. The van der Waals surface area contributed by atoms with E-state index >= 15 is 0 Å². The molecule has 0 N–H and O–H groups in total. The van der Waals surface area contributed by atoms with Crippen molar-refractivity contribution in [3.05, 3.63) is 363 Å². The Bertz CT molecular complexity index is 4920. The zero-order chi connectivity index (χ0) is 59.7. The van der Waals surface area contributed by atoms with Crippen molar-refractivity contribution in [2.45, 2.75) is 0 Å². The fourth-order valence-electron chi connectivity index (χ4n) is 13.3. The number of hydrogen-bond acceptors (Lipinski definition) is 2. The number of para-hydroxylation sites is 4. The first kappa shape index (κ1) is 53.5. The van der Waals surface area contributed by atoms with Crippen LogP contribution in [0.4, 0.5) is 34.1 Å². The van der Waals surface area contributed by atoms with E-state index in [4.69, 9.17) is 0 Å². The van der Waals surface area contributed by atoms with Gasteiger partial charge in [0, 0.05) is 67.0 Å². The predicted octanol–water partition coefficient (Wildman–Crippen LogP) is 23.7. The lowest BCUT2D eigenvalue weighted by molar-refractivity contribution is 1.18. The highest BCUT2D eigenvalue weighted by atomic mass is 15.1. The third kappa shape index (κ3) is 9.98. The van der Waals surface area contributed by atoms with Crippen molar-refractivity contribution in [1.82, 2.24) is 9.13 Å². The smallest absolute Gasteiger partial charge is 0.0542 e. The van der Waals surface area contributed by atoms with E-state index in [-0.39, 0.29) is 0 Å². The Morgan fingerprint density at radius 2 is 0.467 bits per heavy atom. The van der Waals surface area contributed by atoms with Gasteiger partial charge in [0.2, 0.25) is 0 Å². The molecule has 4 heteroatoms. The van der Waals surface area contributed by atoms with E-state index in [1.165, 1.54) is 66.1 Å².